The number of nitro groups is 1. The van der Waals surface area contributed by atoms with Crippen molar-refractivity contribution in [2.24, 2.45) is 0 Å². The average Bonchev–Trinajstić information content (AvgIpc) is 2.17. The fourth-order valence-electron chi connectivity index (χ4n) is 0.907. The van der Waals surface area contributed by atoms with Crippen LogP contribution in [-0.2, 0) is 0 Å². The molecule has 1 rings (SSSR count). The molecule has 0 saturated carbocycles. The molecule has 0 aliphatic heterocycles. The van der Waals surface area contributed by atoms with Crippen LogP contribution < -0.4 is 0 Å². The molecule has 13 heavy (non-hydrogen) atoms. The summed E-state index contributed by atoms with van der Waals surface area (Å²) in [5.41, 5.74) is 0.267. The monoisotopic (exact) mass is 185 g/mol. The van der Waals surface area contributed by atoms with Gasteiger partial charge in [0.25, 0.3) is 5.69 Å². The van der Waals surface area contributed by atoms with Crippen LogP contribution in [0.5, 0.6) is 0 Å². The van der Waals surface area contributed by atoms with Gasteiger partial charge in [0.15, 0.2) is 0 Å². The van der Waals surface area contributed by atoms with Gasteiger partial charge < -0.3 is 5.11 Å². The van der Waals surface area contributed by atoms with E-state index in [9.17, 15) is 14.5 Å². The molecule has 0 aliphatic rings. The van der Waals surface area contributed by atoms with E-state index in [1.807, 2.05) is 0 Å². The first-order chi connectivity index (χ1) is 6.15. The lowest BCUT2D eigenvalue weighted by atomic mass is 10.1. The second-order valence-corrected chi connectivity index (χ2v) is 2.52. The number of benzene rings is 1. The van der Waals surface area contributed by atoms with Crippen molar-refractivity contribution in [3.05, 3.63) is 39.9 Å². The van der Waals surface area contributed by atoms with Crippen LogP contribution >= 0.6 is 0 Å². The van der Waals surface area contributed by atoms with E-state index in [0.29, 0.717) is 5.56 Å². The van der Waals surface area contributed by atoms with E-state index < -0.39 is 17.7 Å². The van der Waals surface area contributed by atoms with Crippen LogP contribution in [-0.4, -0.2) is 16.7 Å². The number of aliphatic hydroxyl groups is 1. The average molecular weight is 185 g/mol. The standard InChI is InChI=1S/C8H8FNO3/c9-5-8(11)6-1-3-7(4-2-6)10(12)13/h1-4,8,11H,5H2/t8-/m1/s1. The zero-order valence-corrected chi connectivity index (χ0v) is 6.68. The van der Waals surface area contributed by atoms with Gasteiger partial charge in [0, 0.05) is 12.1 Å². The van der Waals surface area contributed by atoms with Gasteiger partial charge in [-0.3, -0.25) is 10.1 Å². The summed E-state index contributed by atoms with van der Waals surface area (Å²) in [4.78, 5) is 9.67. The fourth-order valence-corrected chi connectivity index (χ4v) is 0.907. The Morgan fingerprint density at radius 1 is 1.46 bits per heavy atom. The van der Waals surface area contributed by atoms with Crippen LogP contribution in [0.25, 0.3) is 0 Å². The molecule has 0 fully saturated rings. The van der Waals surface area contributed by atoms with E-state index in [0.717, 1.165) is 0 Å². The van der Waals surface area contributed by atoms with Crippen LogP contribution in [0.2, 0.25) is 0 Å². The number of alkyl halides is 1. The third-order valence-corrected chi connectivity index (χ3v) is 1.63. The molecule has 70 valence electrons. The molecule has 0 saturated heterocycles. The minimum Gasteiger partial charge on any atom is -0.386 e. The maximum atomic E-state index is 11.9. The van der Waals surface area contributed by atoms with Crippen LogP contribution in [0.1, 0.15) is 11.7 Å². The predicted molar refractivity (Wildman–Crippen MR) is 44.0 cm³/mol. The number of halogens is 1. The highest BCUT2D eigenvalue weighted by Crippen LogP contribution is 2.17. The van der Waals surface area contributed by atoms with Crippen molar-refractivity contribution in [3.63, 3.8) is 0 Å². The minimum absolute atomic E-state index is 0.0743. The quantitative estimate of drug-likeness (QED) is 0.574. The molecule has 0 radical (unpaired) electrons. The molecule has 0 aromatic heterocycles. The Balaban J connectivity index is 2.87. The molecule has 1 aromatic rings. The molecule has 1 aromatic carbocycles. The number of nitro benzene ring substituents is 1. The predicted octanol–water partition coefficient (Wildman–Crippen LogP) is 1.60. The summed E-state index contributed by atoms with van der Waals surface area (Å²) in [5, 5.41) is 19.2. The van der Waals surface area contributed by atoms with Crippen molar-refractivity contribution in [2.45, 2.75) is 6.10 Å². The second kappa shape index (κ2) is 3.95. The molecular formula is C8H8FNO3. The van der Waals surface area contributed by atoms with E-state index in [-0.39, 0.29) is 5.69 Å². The Morgan fingerprint density at radius 2 is 2.00 bits per heavy atom. The third kappa shape index (κ3) is 2.22. The zero-order valence-electron chi connectivity index (χ0n) is 6.68. The molecule has 0 bridgehead atoms. The molecule has 4 nitrogen and oxygen atoms in total. The van der Waals surface area contributed by atoms with Crippen molar-refractivity contribution in [3.8, 4) is 0 Å². The van der Waals surface area contributed by atoms with Crippen molar-refractivity contribution in [1.82, 2.24) is 0 Å². The third-order valence-electron chi connectivity index (χ3n) is 1.63. The first-order valence-electron chi connectivity index (χ1n) is 3.63. The normalized spacial score (nSPS) is 12.5. The number of rotatable bonds is 3. The molecule has 5 heteroatoms. The molecule has 0 amide bonds. The second-order valence-electron chi connectivity index (χ2n) is 2.52. The molecule has 1 N–H and O–H groups in total. The largest absolute Gasteiger partial charge is 0.386 e. The van der Waals surface area contributed by atoms with Crippen molar-refractivity contribution in [2.75, 3.05) is 6.67 Å². The van der Waals surface area contributed by atoms with Crippen molar-refractivity contribution < 1.29 is 14.4 Å². The first-order valence-corrected chi connectivity index (χ1v) is 3.63. The Bertz CT molecular complexity index is 299. The van der Waals surface area contributed by atoms with Crippen LogP contribution in [0.4, 0.5) is 10.1 Å². The summed E-state index contributed by atoms with van der Waals surface area (Å²) >= 11 is 0. The van der Waals surface area contributed by atoms with Crippen molar-refractivity contribution >= 4 is 5.69 Å². The lowest BCUT2D eigenvalue weighted by Gasteiger charge is -2.04. The summed E-state index contributed by atoms with van der Waals surface area (Å²) in [7, 11) is 0. The van der Waals surface area contributed by atoms with Gasteiger partial charge >= 0.3 is 0 Å². The SMILES string of the molecule is O=[N+]([O-])c1ccc([C@H](O)CF)cc1. The molecule has 0 aliphatic carbocycles. The lowest BCUT2D eigenvalue weighted by Crippen LogP contribution is -1.99. The van der Waals surface area contributed by atoms with E-state index >= 15 is 0 Å². The number of hydrogen-bond donors (Lipinski definition) is 1. The number of non-ortho nitro benzene ring substituents is 1. The van der Waals surface area contributed by atoms with Gasteiger partial charge in [-0.2, -0.15) is 0 Å². The topological polar surface area (TPSA) is 63.4 Å². The van der Waals surface area contributed by atoms with E-state index in [1.165, 1.54) is 24.3 Å². The minimum atomic E-state index is -1.19. The summed E-state index contributed by atoms with van der Waals surface area (Å²) in [6.45, 7) is -0.891. The molecule has 0 unspecified atom stereocenters. The maximum absolute atomic E-state index is 11.9. The Kier molecular flexibility index (Phi) is 2.92. The highest BCUT2D eigenvalue weighted by atomic mass is 19.1. The number of aliphatic hydroxyl groups excluding tert-OH is 1. The van der Waals surface area contributed by atoms with Crippen LogP contribution in [0.15, 0.2) is 24.3 Å². The van der Waals surface area contributed by atoms with E-state index in [1.54, 1.807) is 0 Å². The zero-order chi connectivity index (χ0) is 9.84. The van der Waals surface area contributed by atoms with Gasteiger partial charge in [0.1, 0.15) is 12.8 Å². The fraction of sp³-hybridized carbons (Fsp3) is 0.250. The number of nitrogens with zero attached hydrogens (tertiary/aromatic N) is 1. The summed E-state index contributed by atoms with van der Waals surface area (Å²) in [6.07, 6.45) is -1.19. The van der Waals surface area contributed by atoms with Crippen molar-refractivity contribution in [1.29, 1.82) is 0 Å². The maximum Gasteiger partial charge on any atom is 0.269 e. The highest BCUT2D eigenvalue weighted by molar-refractivity contribution is 5.33. The molecular weight excluding hydrogens is 177 g/mol. The Labute approximate surface area is 73.8 Å². The summed E-state index contributed by atoms with van der Waals surface area (Å²) in [5.74, 6) is 0. The van der Waals surface area contributed by atoms with Gasteiger partial charge in [-0.25, -0.2) is 4.39 Å². The lowest BCUT2D eigenvalue weighted by molar-refractivity contribution is -0.384. The Morgan fingerprint density at radius 3 is 2.38 bits per heavy atom. The molecule has 0 spiro atoms. The number of hydrogen-bond acceptors (Lipinski definition) is 3. The highest BCUT2D eigenvalue weighted by Gasteiger charge is 2.09. The van der Waals surface area contributed by atoms with Crippen LogP contribution in [0.3, 0.4) is 0 Å². The van der Waals surface area contributed by atoms with E-state index in [2.05, 4.69) is 0 Å². The summed E-state index contributed by atoms with van der Waals surface area (Å²) in [6, 6.07) is 5.13. The first kappa shape index (κ1) is 9.60. The van der Waals surface area contributed by atoms with E-state index in [4.69, 9.17) is 5.11 Å². The summed E-state index contributed by atoms with van der Waals surface area (Å²) < 4.78 is 11.9. The van der Waals surface area contributed by atoms with Gasteiger partial charge in [-0.05, 0) is 17.7 Å². The van der Waals surface area contributed by atoms with Gasteiger partial charge in [-0.15, -0.1) is 0 Å². The Hall–Kier alpha value is -1.49. The molecule has 1 atom stereocenters. The van der Waals surface area contributed by atoms with Gasteiger partial charge in [-0.1, -0.05) is 0 Å². The van der Waals surface area contributed by atoms with Crippen LogP contribution in [0, 0.1) is 10.1 Å². The van der Waals surface area contributed by atoms with Gasteiger partial charge in [0.2, 0.25) is 0 Å². The van der Waals surface area contributed by atoms with Gasteiger partial charge in [0.05, 0.1) is 4.92 Å². The smallest absolute Gasteiger partial charge is 0.269 e. The molecule has 0 heterocycles.